The SMILES string of the molecule is CC(c1ccc2ccccc2c1)N(C)CC1CC(c2ccc(CO)cc2)OC(c2cccc(-c3cccc(CNC(=O)c4cnc5ccccc5n4)c3)c2)O1. The molecule has 276 valence electrons. The summed E-state index contributed by atoms with van der Waals surface area (Å²) in [6, 6.07) is 47.3. The number of hydrogen-bond donors (Lipinski definition) is 2. The normalized spacial score (nSPS) is 17.7. The molecule has 4 atom stereocenters. The second-order valence-electron chi connectivity index (χ2n) is 14.3. The Balaban J connectivity index is 0.996. The van der Waals surface area contributed by atoms with E-state index in [2.05, 4.69) is 107 Å². The third kappa shape index (κ3) is 8.33. The van der Waals surface area contributed by atoms with Crippen LogP contribution in [0.4, 0.5) is 0 Å². The lowest BCUT2D eigenvalue weighted by atomic mass is 9.97. The van der Waals surface area contributed by atoms with Gasteiger partial charge in [0.25, 0.3) is 5.91 Å². The fourth-order valence-corrected chi connectivity index (χ4v) is 7.30. The predicted molar refractivity (Wildman–Crippen MR) is 216 cm³/mol. The molecule has 7 aromatic rings. The van der Waals surface area contributed by atoms with Gasteiger partial charge in [0.1, 0.15) is 5.69 Å². The molecule has 0 radical (unpaired) electrons. The van der Waals surface area contributed by atoms with Gasteiger partial charge in [-0.25, -0.2) is 4.98 Å². The van der Waals surface area contributed by atoms with Gasteiger partial charge in [-0.2, -0.15) is 0 Å². The molecule has 1 amide bonds. The molecule has 0 saturated carbocycles. The minimum absolute atomic E-state index is 0.00286. The fourth-order valence-electron chi connectivity index (χ4n) is 7.30. The number of nitrogens with one attached hydrogen (secondary N) is 1. The van der Waals surface area contributed by atoms with Gasteiger partial charge in [0.2, 0.25) is 0 Å². The summed E-state index contributed by atoms with van der Waals surface area (Å²) in [4.78, 5) is 24.2. The summed E-state index contributed by atoms with van der Waals surface area (Å²) in [6.07, 6.45) is 1.33. The van der Waals surface area contributed by atoms with Gasteiger partial charge in [0, 0.05) is 31.1 Å². The van der Waals surface area contributed by atoms with Crippen molar-refractivity contribution in [3.63, 3.8) is 0 Å². The minimum Gasteiger partial charge on any atom is -0.392 e. The van der Waals surface area contributed by atoms with Crippen LogP contribution in [-0.4, -0.2) is 45.6 Å². The van der Waals surface area contributed by atoms with Crippen molar-refractivity contribution in [1.29, 1.82) is 0 Å². The number of carbonyl (C=O) groups excluding carboxylic acids is 1. The van der Waals surface area contributed by atoms with Crippen molar-refractivity contribution in [3.05, 3.63) is 179 Å². The monoisotopic (exact) mass is 728 g/mol. The molecule has 1 saturated heterocycles. The summed E-state index contributed by atoms with van der Waals surface area (Å²) in [5, 5.41) is 15.1. The maximum absolute atomic E-state index is 13.0. The standard InChI is InChI=1S/C47H44N4O4/c1-31(36-22-21-34-10-3-4-11-38(34)24-36)51(2)29-41-26-45(35-19-17-32(30-52)18-20-35)55-47(54-41)40-14-8-13-39(25-40)37-12-7-9-33(23-37)27-49-46(53)44-28-48-42-15-5-6-16-43(42)50-44/h3-25,28,31,41,45,47,52H,26-27,29-30H2,1-2H3,(H,49,53). The molecule has 1 fully saturated rings. The minimum atomic E-state index is -0.587. The van der Waals surface area contributed by atoms with Gasteiger partial charge in [-0.15, -0.1) is 0 Å². The van der Waals surface area contributed by atoms with Gasteiger partial charge >= 0.3 is 0 Å². The highest BCUT2D eigenvalue weighted by Gasteiger charge is 2.33. The molecular weight excluding hydrogens is 685 g/mol. The molecule has 6 aromatic carbocycles. The van der Waals surface area contributed by atoms with E-state index in [0.717, 1.165) is 45.4 Å². The van der Waals surface area contributed by atoms with Crippen LogP contribution >= 0.6 is 0 Å². The Labute approximate surface area is 321 Å². The summed E-state index contributed by atoms with van der Waals surface area (Å²) in [5.74, 6) is -0.273. The molecular formula is C47H44N4O4. The van der Waals surface area contributed by atoms with Gasteiger partial charge in [0.05, 0.1) is 36.0 Å². The van der Waals surface area contributed by atoms with E-state index < -0.39 is 6.29 Å². The highest BCUT2D eigenvalue weighted by Crippen LogP contribution is 2.39. The third-order valence-electron chi connectivity index (χ3n) is 10.6. The van der Waals surface area contributed by atoms with Crippen LogP contribution in [-0.2, 0) is 22.6 Å². The van der Waals surface area contributed by atoms with E-state index in [1.54, 1.807) is 0 Å². The van der Waals surface area contributed by atoms with Gasteiger partial charge in [-0.1, -0.05) is 109 Å². The van der Waals surface area contributed by atoms with E-state index in [0.29, 0.717) is 18.5 Å². The average Bonchev–Trinajstić information content (AvgIpc) is 3.25. The Hall–Kier alpha value is -5.77. The molecule has 0 bridgehead atoms. The zero-order chi connectivity index (χ0) is 37.7. The second-order valence-corrected chi connectivity index (χ2v) is 14.3. The van der Waals surface area contributed by atoms with E-state index >= 15 is 0 Å². The van der Waals surface area contributed by atoms with Crippen molar-refractivity contribution < 1.29 is 19.4 Å². The van der Waals surface area contributed by atoms with Crippen molar-refractivity contribution >= 4 is 27.7 Å². The fraction of sp³-hybridized carbons (Fsp3) is 0.213. The summed E-state index contributed by atoms with van der Waals surface area (Å²) in [7, 11) is 2.16. The van der Waals surface area contributed by atoms with Crippen molar-refractivity contribution in [2.75, 3.05) is 13.6 Å². The molecule has 8 heteroatoms. The number of ether oxygens (including phenoxy) is 2. The number of amides is 1. The highest BCUT2D eigenvalue weighted by molar-refractivity contribution is 5.93. The van der Waals surface area contributed by atoms with Crippen molar-refractivity contribution in [2.24, 2.45) is 0 Å². The Morgan fingerprint density at radius 3 is 2.35 bits per heavy atom. The lowest BCUT2D eigenvalue weighted by molar-refractivity contribution is -0.253. The lowest BCUT2D eigenvalue weighted by Gasteiger charge is -2.39. The first-order valence-electron chi connectivity index (χ1n) is 18.8. The number of carbonyl (C=O) groups is 1. The quantitative estimate of drug-likeness (QED) is 0.137. The number of likely N-dealkylation sites (N-methyl/N-ethyl adjacent to an activating group) is 1. The molecule has 2 heterocycles. The third-order valence-corrected chi connectivity index (χ3v) is 10.6. The Morgan fingerprint density at radius 2 is 1.53 bits per heavy atom. The number of aromatic nitrogens is 2. The lowest BCUT2D eigenvalue weighted by Crippen LogP contribution is -2.38. The van der Waals surface area contributed by atoms with Crippen molar-refractivity contribution in [1.82, 2.24) is 20.2 Å². The van der Waals surface area contributed by atoms with Gasteiger partial charge in [-0.05, 0) is 88.5 Å². The topological polar surface area (TPSA) is 96.8 Å². The van der Waals surface area contributed by atoms with Gasteiger partial charge in [-0.3, -0.25) is 14.7 Å². The maximum Gasteiger partial charge on any atom is 0.271 e. The molecule has 0 aliphatic carbocycles. The summed E-state index contributed by atoms with van der Waals surface area (Å²) in [5.41, 5.74) is 8.83. The molecule has 8 nitrogen and oxygen atoms in total. The van der Waals surface area contributed by atoms with E-state index in [1.807, 2.05) is 66.7 Å². The van der Waals surface area contributed by atoms with Gasteiger partial charge in [0.15, 0.2) is 6.29 Å². The Kier molecular flexibility index (Phi) is 10.7. The number of aliphatic hydroxyl groups excluding tert-OH is 1. The molecule has 4 unspecified atom stereocenters. The van der Waals surface area contributed by atoms with E-state index in [4.69, 9.17) is 9.47 Å². The smallest absolute Gasteiger partial charge is 0.271 e. The summed E-state index contributed by atoms with van der Waals surface area (Å²) < 4.78 is 13.5. The summed E-state index contributed by atoms with van der Waals surface area (Å²) >= 11 is 0. The molecule has 55 heavy (non-hydrogen) atoms. The van der Waals surface area contributed by atoms with Crippen LogP contribution in [0.2, 0.25) is 0 Å². The van der Waals surface area contributed by atoms with Crippen LogP contribution in [0.15, 0.2) is 146 Å². The number of benzene rings is 6. The molecule has 1 aliphatic rings. The first-order chi connectivity index (χ1) is 26.9. The van der Waals surface area contributed by atoms with Crippen LogP contribution in [0.25, 0.3) is 32.9 Å². The summed E-state index contributed by atoms with van der Waals surface area (Å²) in [6.45, 7) is 3.31. The van der Waals surface area contributed by atoms with Crippen LogP contribution < -0.4 is 5.32 Å². The van der Waals surface area contributed by atoms with Crippen LogP contribution in [0.5, 0.6) is 0 Å². The largest absolute Gasteiger partial charge is 0.392 e. The highest BCUT2D eigenvalue weighted by atomic mass is 16.7. The average molecular weight is 729 g/mol. The first-order valence-corrected chi connectivity index (χ1v) is 18.8. The van der Waals surface area contributed by atoms with E-state index in [-0.39, 0.29) is 36.5 Å². The zero-order valence-corrected chi connectivity index (χ0v) is 31.0. The zero-order valence-electron chi connectivity index (χ0n) is 31.0. The molecule has 8 rings (SSSR count). The number of fused-ring (bicyclic) bond motifs is 2. The van der Waals surface area contributed by atoms with Gasteiger partial charge < -0.3 is 19.9 Å². The molecule has 0 spiro atoms. The molecule has 2 N–H and O–H groups in total. The number of nitrogens with zero attached hydrogens (tertiary/aromatic N) is 3. The number of hydrogen-bond acceptors (Lipinski definition) is 7. The number of para-hydroxylation sites is 2. The maximum atomic E-state index is 13.0. The number of aliphatic hydroxyl groups is 1. The van der Waals surface area contributed by atoms with E-state index in [1.165, 1.54) is 22.5 Å². The predicted octanol–water partition coefficient (Wildman–Crippen LogP) is 9.11. The van der Waals surface area contributed by atoms with Crippen molar-refractivity contribution in [3.8, 4) is 11.1 Å². The first kappa shape index (κ1) is 36.2. The van der Waals surface area contributed by atoms with Crippen LogP contribution in [0, 0.1) is 0 Å². The van der Waals surface area contributed by atoms with E-state index in [9.17, 15) is 9.90 Å². The van der Waals surface area contributed by atoms with Crippen LogP contribution in [0.1, 0.15) is 70.1 Å². The van der Waals surface area contributed by atoms with Crippen LogP contribution in [0.3, 0.4) is 0 Å². The Bertz CT molecular complexity index is 2430. The molecule has 1 aliphatic heterocycles. The van der Waals surface area contributed by atoms with Crippen molar-refractivity contribution in [2.45, 2.75) is 51.0 Å². The Morgan fingerprint density at radius 1 is 0.782 bits per heavy atom. The molecule has 1 aromatic heterocycles. The second kappa shape index (κ2) is 16.3. The number of rotatable bonds is 11.